The first-order chi connectivity index (χ1) is 12.8. The van der Waals surface area contributed by atoms with Gasteiger partial charge in [0.1, 0.15) is 6.10 Å². The number of aliphatic imine (C=N–C) groups is 1. The second kappa shape index (κ2) is 11.7. The molecule has 2 heterocycles. The van der Waals surface area contributed by atoms with Crippen LogP contribution in [0.4, 0.5) is 0 Å². The van der Waals surface area contributed by atoms with Gasteiger partial charge in [0.25, 0.3) is 0 Å². The van der Waals surface area contributed by atoms with Crippen molar-refractivity contribution in [2.24, 2.45) is 10.7 Å². The summed E-state index contributed by atoms with van der Waals surface area (Å²) >= 11 is 0. The highest BCUT2D eigenvalue weighted by atomic mass is 127. The van der Waals surface area contributed by atoms with Gasteiger partial charge < -0.3 is 15.8 Å². The lowest BCUT2D eigenvalue weighted by molar-refractivity contribution is 0.148. The lowest BCUT2D eigenvalue weighted by atomic mass is 9.98. The fourth-order valence-corrected chi connectivity index (χ4v) is 3.06. The van der Waals surface area contributed by atoms with E-state index in [4.69, 9.17) is 10.5 Å². The van der Waals surface area contributed by atoms with Gasteiger partial charge in [-0.1, -0.05) is 12.5 Å². The fraction of sp³-hybridized carbons (Fsp3) is 0.450. The predicted molar refractivity (Wildman–Crippen MR) is 118 cm³/mol. The molecule has 1 saturated carbocycles. The molecule has 0 radical (unpaired) electrons. The first-order valence-electron chi connectivity index (χ1n) is 9.35. The van der Waals surface area contributed by atoms with Gasteiger partial charge in [-0.2, -0.15) is 0 Å². The summed E-state index contributed by atoms with van der Waals surface area (Å²) in [7, 11) is 0. The maximum atomic E-state index is 6.00. The molecule has 2 aromatic rings. The van der Waals surface area contributed by atoms with Crippen molar-refractivity contribution in [1.29, 1.82) is 0 Å². The van der Waals surface area contributed by atoms with Crippen molar-refractivity contribution in [2.75, 3.05) is 6.54 Å². The quantitative estimate of drug-likeness (QED) is 0.360. The summed E-state index contributed by atoms with van der Waals surface area (Å²) in [5.74, 6) is 1.12. The van der Waals surface area contributed by atoms with Gasteiger partial charge in [-0.15, -0.1) is 24.0 Å². The number of nitrogens with zero attached hydrogens (tertiary/aromatic N) is 3. The van der Waals surface area contributed by atoms with Crippen LogP contribution in [0.2, 0.25) is 0 Å². The topological polar surface area (TPSA) is 85.4 Å². The Bertz CT molecular complexity index is 705. The molecule has 0 spiro atoms. The van der Waals surface area contributed by atoms with Crippen molar-refractivity contribution in [3.8, 4) is 5.88 Å². The van der Waals surface area contributed by atoms with Crippen molar-refractivity contribution < 1.29 is 4.74 Å². The van der Waals surface area contributed by atoms with Crippen LogP contribution in [0.5, 0.6) is 5.88 Å². The molecule has 6 nitrogen and oxygen atoms in total. The molecule has 3 rings (SSSR count). The van der Waals surface area contributed by atoms with Gasteiger partial charge in [0, 0.05) is 37.1 Å². The fourth-order valence-electron chi connectivity index (χ4n) is 3.06. The highest BCUT2D eigenvalue weighted by Crippen LogP contribution is 2.22. The van der Waals surface area contributed by atoms with Crippen molar-refractivity contribution in [3.63, 3.8) is 0 Å². The molecule has 2 aromatic heterocycles. The van der Waals surface area contributed by atoms with Crippen molar-refractivity contribution in [2.45, 2.75) is 51.2 Å². The number of hydrogen-bond donors (Lipinski definition) is 2. The number of nitrogens with one attached hydrogen (secondary N) is 1. The van der Waals surface area contributed by atoms with Crippen molar-refractivity contribution in [1.82, 2.24) is 15.3 Å². The molecular weight excluding hydrogens is 453 g/mol. The second-order valence-corrected chi connectivity index (χ2v) is 6.58. The maximum Gasteiger partial charge on any atom is 0.213 e. The van der Waals surface area contributed by atoms with E-state index in [1.807, 2.05) is 30.3 Å². The molecule has 1 aliphatic rings. The summed E-state index contributed by atoms with van der Waals surface area (Å²) in [5, 5.41) is 3.12. The summed E-state index contributed by atoms with van der Waals surface area (Å²) < 4.78 is 6.00. The van der Waals surface area contributed by atoms with Crippen LogP contribution < -0.4 is 15.8 Å². The molecule has 0 unspecified atom stereocenters. The number of halogens is 1. The average Bonchev–Trinajstić information content (AvgIpc) is 2.68. The summed E-state index contributed by atoms with van der Waals surface area (Å²) in [6.07, 6.45) is 10.7. The largest absolute Gasteiger partial charge is 0.474 e. The Hall–Kier alpha value is -1.90. The molecule has 1 aliphatic carbocycles. The molecule has 7 heteroatoms. The number of pyridine rings is 2. The normalized spacial score (nSPS) is 15.0. The van der Waals surface area contributed by atoms with Crippen molar-refractivity contribution >= 4 is 29.9 Å². The van der Waals surface area contributed by atoms with E-state index < -0.39 is 0 Å². The minimum Gasteiger partial charge on any atom is -0.474 e. The Labute approximate surface area is 178 Å². The van der Waals surface area contributed by atoms with Crippen LogP contribution in [0, 0.1) is 0 Å². The minimum absolute atomic E-state index is 0. The Kier molecular flexibility index (Phi) is 9.30. The molecule has 0 bridgehead atoms. The van der Waals surface area contributed by atoms with Gasteiger partial charge in [0.2, 0.25) is 5.88 Å². The monoisotopic (exact) mass is 481 g/mol. The van der Waals surface area contributed by atoms with Gasteiger partial charge in [-0.3, -0.25) is 4.98 Å². The van der Waals surface area contributed by atoms with E-state index in [-0.39, 0.29) is 24.0 Å². The predicted octanol–water partition coefficient (Wildman–Crippen LogP) is 3.45. The van der Waals surface area contributed by atoms with Crippen LogP contribution >= 0.6 is 24.0 Å². The lowest BCUT2D eigenvalue weighted by Gasteiger charge is -2.22. The molecule has 146 valence electrons. The summed E-state index contributed by atoms with van der Waals surface area (Å²) in [6.45, 7) is 1.21. The van der Waals surface area contributed by atoms with Crippen LogP contribution in [-0.4, -0.2) is 28.6 Å². The van der Waals surface area contributed by atoms with Gasteiger partial charge in [0.05, 0.1) is 6.54 Å². The minimum atomic E-state index is 0. The molecule has 3 N–H and O–H groups in total. The first-order valence-corrected chi connectivity index (χ1v) is 9.35. The van der Waals surface area contributed by atoms with E-state index in [2.05, 4.69) is 20.3 Å². The molecule has 0 aromatic carbocycles. The molecule has 0 atom stereocenters. The van der Waals surface area contributed by atoms with Crippen LogP contribution in [-0.2, 0) is 13.0 Å². The number of guanidine groups is 1. The number of ether oxygens (including phenoxy) is 1. The number of nitrogens with two attached hydrogens (primary N) is 1. The molecule has 27 heavy (non-hydrogen) atoms. The zero-order valence-electron chi connectivity index (χ0n) is 15.5. The first kappa shape index (κ1) is 21.4. The lowest BCUT2D eigenvalue weighted by Crippen LogP contribution is -2.33. The molecule has 1 fully saturated rings. The summed E-state index contributed by atoms with van der Waals surface area (Å²) in [5.41, 5.74) is 8.02. The Morgan fingerprint density at radius 3 is 2.78 bits per heavy atom. The Balaban J connectivity index is 0.00000261. The highest BCUT2D eigenvalue weighted by molar-refractivity contribution is 14.0. The van der Waals surface area contributed by atoms with Crippen LogP contribution in [0.15, 0.2) is 47.7 Å². The van der Waals surface area contributed by atoms with E-state index in [0.29, 0.717) is 31.0 Å². The van der Waals surface area contributed by atoms with E-state index >= 15 is 0 Å². The van der Waals surface area contributed by atoms with Crippen LogP contribution in [0.25, 0.3) is 0 Å². The van der Waals surface area contributed by atoms with Crippen molar-refractivity contribution in [3.05, 3.63) is 54.0 Å². The molecule has 0 aliphatic heterocycles. The SMILES string of the molecule is I.NC(=NCc1ccnc(OC2CCCCC2)c1)NCCc1ccccn1. The average molecular weight is 481 g/mol. The number of hydrogen-bond acceptors (Lipinski definition) is 4. The number of aromatic nitrogens is 2. The van der Waals surface area contributed by atoms with E-state index in [9.17, 15) is 0 Å². The Morgan fingerprint density at radius 1 is 1.15 bits per heavy atom. The third kappa shape index (κ3) is 7.70. The van der Waals surface area contributed by atoms with Gasteiger partial charge in [-0.25, -0.2) is 9.98 Å². The smallest absolute Gasteiger partial charge is 0.213 e. The van der Waals surface area contributed by atoms with E-state index in [1.165, 1.54) is 19.3 Å². The number of rotatable bonds is 7. The Morgan fingerprint density at radius 2 is 2.00 bits per heavy atom. The standard InChI is InChI=1S/C20H27N5O.HI/c21-20(24-13-10-17-6-4-5-11-22-17)25-15-16-9-12-23-19(14-16)26-18-7-2-1-3-8-18;/h4-6,9,11-12,14,18H,1-3,7-8,10,13,15H2,(H3,21,24,25);1H. The van der Waals surface area contributed by atoms with E-state index in [1.54, 1.807) is 12.4 Å². The molecular formula is C20H28IN5O. The van der Waals surface area contributed by atoms with Crippen LogP contribution in [0.3, 0.4) is 0 Å². The molecule has 0 saturated heterocycles. The third-order valence-corrected chi connectivity index (χ3v) is 4.48. The highest BCUT2D eigenvalue weighted by Gasteiger charge is 2.15. The third-order valence-electron chi connectivity index (χ3n) is 4.48. The summed E-state index contributed by atoms with van der Waals surface area (Å²) in [6, 6.07) is 9.79. The van der Waals surface area contributed by atoms with E-state index in [0.717, 1.165) is 30.5 Å². The van der Waals surface area contributed by atoms with Gasteiger partial charge in [-0.05, 0) is 49.4 Å². The van der Waals surface area contributed by atoms with Crippen LogP contribution in [0.1, 0.15) is 43.4 Å². The maximum absolute atomic E-state index is 6.00. The van der Waals surface area contributed by atoms with Gasteiger partial charge >= 0.3 is 0 Å². The van der Waals surface area contributed by atoms with Gasteiger partial charge in [0.15, 0.2) is 5.96 Å². The second-order valence-electron chi connectivity index (χ2n) is 6.58. The zero-order valence-corrected chi connectivity index (χ0v) is 17.8. The molecule has 0 amide bonds. The zero-order chi connectivity index (χ0) is 18.0. The summed E-state index contributed by atoms with van der Waals surface area (Å²) in [4.78, 5) is 13.0.